The molecule has 1 aromatic rings. The minimum absolute atomic E-state index is 0.105. The number of aliphatic carboxylic acids is 1. The lowest BCUT2D eigenvalue weighted by Gasteiger charge is -2.10. The SMILES string of the molecule is C=CCCCCCOc1c(F)cccc1/C=C/C(=O)O. The molecule has 0 saturated heterocycles. The van der Waals surface area contributed by atoms with E-state index in [4.69, 9.17) is 9.84 Å². The Bertz CT molecular complexity index is 481. The molecule has 3 nitrogen and oxygen atoms in total. The number of carboxylic acid groups (broad SMARTS) is 1. The first-order valence-electron chi connectivity index (χ1n) is 6.58. The van der Waals surface area contributed by atoms with Gasteiger partial charge in [-0.1, -0.05) is 18.2 Å². The fourth-order valence-electron chi connectivity index (χ4n) is 1.71. The summed E-state index contributed by atoms with van der Waals surface area (Å²) >= 11 is 0. The molecule has 20 heavy (non-hydrogen) atoms. The van der Waals surface area contributed by atoms with Crippen molar-refractivity contribution in [3.05, 3.63) is 48.3 Å². The second kappa shape index (κ2) is 8.91. The van der Waals surface area contributed by atoms with Gasteiger partial charge in [-0.05, 0) is 37.8 Å². The van der Waals surface area contributed by atoms with E-state index >= 15 is 0 Å². The molecule has 4 heteroatoms. The Balaban J connectivity index is 2.59. The summed E-state index contributed by atoms with van der Waals surface area (Å²) in [5.41, 5.74) is 0.429. The Labute approximate surface area is 118 Å². The molecular formula is C16H19FO3. The van der Waals surface area contributed by atoms with Crippen LogP contribution in [0.1, 0.15) is 31.2 Å². The van der Waals surface area contributed by atoms with Gasteiger partial charge in [-0.25, -0.2) is 9.18 Å². The van der Waals surface area contributed by atoms with E-state index in [-0.39, 0.29) is 5.75 Å². The van der Waals surface area contributed by atoms with Crippen LogP contribution in [-0.4, -0.2) is 17.7 Å². The molecule has 0 aliphatic rings. The van der Waals surface area contributed by atoms with Gasteiger partial charge in [0.15, 0.2) is 11.6 Å². The molecule has 0 bridgehead atoms. The van der Waals surface area contributed by atoms with Crippen LogP contribution in [0.2, 0.25) is 0 Å². The quantitative estimate of drug-likeness (QED) is 0.421. The van der Waals surface area contributed by atoms with Crippen LogP contribution in [0.3, 0.4) is 0 Å². The molecule has 0 spiro atoms. The minimum Gasteiger partial charge on any atom is -0.490 e. The van der Waals surface area contributed by atoms with E-state index in [0.29, 0.717) is 12.2 Å². The molecule has 0 aliphatic carbocycles. The number of ether oxygens (including phenoxy) is 1. The zero-order valence-electron chi connectivity index (χ0n) is 11.3. The number of para-hydroxylation sites is 1. The highest BCUT2D eigenvalue weighted by atomic mass is 19.1. The molecule has 0 atom stereocenters. The number of allylic oxidation sites excluding steroid dienone is 1. The van der Waals surface area contributed by atoms with Crippen LogP contribution >= 0.6 is 0 Å². The van der Waals surface area contributed by atoms with E-state index in [1.165, 1.54) is 18.2 Å². The van der Waals surface area contributed by atoms with E-state index in [1.807, 2.05) is 6.08 Å². The van der Waals surface area contributed by atoms with Crippen molar-refractivity contribution in [3.63, 3.8) is 0 Å². The number of halogens is 1. The fourth-order valence-corrected chi connectivity index (χ4v) is 1.71. The molecule has 0 fully saturated rings. The summed E-state index contributed by atoms with van der Waals surface area (Å²) in [7, 11) is 0. The third kappa shape index (κ3) is 5.69. The average Bonchev–Trinajstić information content (AvgIpc) is 2.42. The summed E-state index contributed by atoms with van der Waals surface area (Å²) in [5, 5.41) is 8.60. The summed E-state index contributed by atoms with van der Waals surface area (Å²) in [6.45, 7) is 4.06. The van der Waals surface area contributed by atoms with Gasteiger partial charge in [0.1, 0.15) is 0 Å². The van der Waals surface area contributed by atoms with Crippen LogP contribution in [-0.2, 0) is 4.79 Å². The highest BCUT2D eigenvalue weighted by Gasteiger charge is 2.07. The van der Waals surface area contributed by atoms with Gasteiger partial charge in [-0.15, -0.1) is 6.58 Å². The second-order valence-electron chi connectivity index (χ2n) is 4.32. The van der Waals surface area contributed by atoms with E-state index < -0.39 is 11.8 Å². The van der Waals surface area contributed by atoms with Crippen molar-refractivity contribution in [1.29, 1.82) is 0 Å². The van der Waals surface area contributed by atoms with Gasteiger partial charge in [0.25, 0.3) is 0 Å². The number of benzene rings is 1. The topological polar surface area (TPSA) is 46.5 Å². The predicted molar refractivity (Wildman–Crippen MR) is 77.2 cm³/mol. The van der Waals surface area contributed by atoms with Crippen LogP contribution < -0.4 is 4.74 Å². The number of carboxylic acids is 1. The minimum atomic E-state index is -1.08. The first kappa shape index (κ1) is 16.0. The monoisotopic (exact) mass is 278 g/mol. The molecule has 0 unspecified atom stereocenters. The third-order valence-electron chi connectivity index (χ3n) is 2.70. The third-order valence-corrected chi connectivity index (χ3v) is 2.70. The molecule has 108 valence electrons. The average molecular weight is 278 g/mol. The molecule has 1 aromatic carbocycles. The lowest BCUT2D eigenvalue weighted by molar-refractivity contribution is -0.131. The molecule has 0 aliphatic heterocycles. The number of carbonyl (C=O) groups is 1. The number of unbranched alkanes of at least 4 members (excludes halogenated alkanes) is 3. The molecule has 0 radical (unpaired) electrons. The molecular weight excluding hydrogens is 259 g/mol. The van der Waals surface area contributed by atoms with E-state index in [9.17, 15) is 9.18 Å². The lowest BCUT2D eigenvalue weighted by Crippen LogP contribution is -2.01. The maximum Gasteiger partial charge on any atom is 0.328 e. The number of hydrogen-bond acceptors (Lipinski definition) is 2. The molecule has 0 saturated carbocycles. The summed E-state index contributed by atoms with van der Waals surface area (Å²) in [4.78, 5) is 10.5. The normalized spacial score (nSPS) is 10.7. The summed E-state index contributed by atoms with van der Waals surface area (Å²) < 4.78 is 19.1. The Morgan fingerprint density at radius 2 is 2.15 bits per heavy atom. The molecule has 0 heterocycles. The van der Waals surface area contributed by atoms with Crippen molar-refractivity contribution >= 4 is 12.0 Å². The Morgan fingerprint density at radius 1 is 1.35 bits per heavy atom. The van der Waals surface area contributed by atoms with Gasteiger partial charge in [0.05, 0.1) is 6.61 Å². The van der Waals surface area contributed by atoms with Crippen molar-refractivity contribution in [2.75, 3.05) is 6.61 Å². The fraction of sp³-hybridized carbons (Fsp3) is 0.312. The molecule has 1 rings (SSSR count). The van der Waals surface area contributed by atoms with Gasteiger partial charge in [-0.3, -0.25) is 0 Å². The van der Waals surface area contributed by atoms with Crippen LogP contribution in [0.4, 0.5) is 4.39 Å². The van der Waals surface area contributed by atoms with Gasteiger partial charge in [-0.2, -0.15) is 0 Å². The second-order valence-corrected chi connectivity index (χ2v) is 4.32. The zero-order chi connectivity index (χ0) is 14.8. The van der Waals surface area contributed by atoms with Crippen LogP contribution in [0, 0.1) is 5.82 Å². The van der Waals surface area contributed by atoms with Gasteiger partial charge in [0.2, 0.25) is 0 Å². The summed E-state index contributed by atoms with van der Waals surface area (Å²) in [6.07, 6.45) is 7.98. The van der Waals surface area contributed by atoms with Crippen LogP contribution in [0.15, 0.2) is 36.9 Å². The highest BCUT2D eigenvalue weighted by molar-refractivity contribution is 5.85. The van der Waals surface area contributed by atoms with E-state index in [1.54, 1.807) is 6.07 Å². The van der Waals surface area contributed by atoms with Crippen molar-refractivity contribution < 1.29 is 19.0 Å². The van der Waals surface area contributed by atoms with Crippen molar-refractivity contribution in [1.82, 2.24) is 0 Å². The first-order chi connectivity index (χ1) is 9.65. The predicted octanol–water partition coefficient (Wildman–Crippen LogP) is 4.05. The highest BCUT2D eigenvalue weighted by Crippen LogP contribution is 2.24. The van der Waals surface area contributed by atoms with Crippen LogP contribution in [0.5, 0.6) is 5.75 Å². The van der Waals surface area contributed by atoms with Gasteiger partial charge in [0, 0.05) is 11.6 Å². The summed E-state index contributed by atoms with van der Waals surface area (Å²) in [6, 6.07) is 4.44. The standard InChI is InChI=1S/C16H19FO3/c1-2-3-4-5-6-12-20-16-13(10-11-15(18)19)8-7-9-14(16)17/h2,7-11H,1,3-6,12H2,(H,18,19)/b11-10+. The Morgan fingerprint density at radius 3 is 2.85 bits per heavy atom. The van der Waals surface area contributed by atoms with Gasteiger partial charge < -0.3 is 9.84 Å². The van der Waals surface area contributed by atoms with Gasteiger partial charge >= 0.3 is 5.97 Å². The zero-order valence-corrected chi connectivity index (χ0v) is 11.3. The van der Waals surface area contributed by atoms with Crippen molar-refractivity contribution in [3.8, 4) is 5.75 Å². The molecule has 1 N–H and O–H groups in total. The molecule has 0 aromatic heterocycles. The maximum absolute atomic E-state index is 13.7. The van der Waals surface area contributed by atoms with E-state index in [2.05, 4.69) is 6.58 Å². The van der Waals surface area contributed by atoms with E-state index in [0.717, 1.165) is 31.8 Å². The largest absolute Gasteiger partial charge is 0.490 e. The van der Waals surface area contributed by atoms with Crippen molar-refractivity contribution in [2.45, 2.75) is 25.7 Å². The maximum atomic E-state index is 13.7. The molecule has 0 amide bonds. The lowest BCUT2D eigenvalue weighted by atomic mass is 10.1. The van der Waals surface area contributed by atoms with Crippen LogP contribution in [0.25, 0.3) is 6.08 Å². The number of rotatable bonds is 9. The Kier molecular flexibility index (Phi) is 7.11. The first-order valence-corrected chi connectivity index (χ1v) is 6.58. The van der Waals surface area contributed by atoms with Crippen molar-refractivity contribution in [2.24, 2.45) is 0 Å². The number of hydrogen-bond donors (Lipinski definition) is 1. The Hall–Kier alpha value is -2.10. The summed E-state index contributed by atoms with van der Waals surface area (Å²) in [5.74, 6) is -1.46. The smallest absolute Gasteiger partial charge is 0.328 e.